The molecule has 2 rings (SSSR count). The molecule has 0 radical (unpaired) electrons. The fourth-order valence-electron chi connectivity index (χ4n) is 1.89. The molecule has 0 heterocycles. The Hall–Kier alpha value is -1.22. The molecule has 3 nitrogen and oxygen atoms in total. The highest BCUT2D eigenvalue weighted by Gasteiger charge is 2.40. The first-order valence-electron chi connectivity index (χ1n) is 5.52. The Balaban J connectivity index is 2.30. The van der Waals surface area contributed by atoms with Gasteiger partial charge in [-0.25, -0.2) is 0 Å². The summed E-state index contributed by atoms with van der Waals surface area (Å²) in [5, 5.41) is 9.92. The Morgan fingerprint density at radius 1 is 1.19 bits per heavy atom. The molecule has 1 saturated carbocycles. The number of aliphatic hydroxyl groups is 1. The average Bonchev–Trinajstić information content (AvgIpc) is 2.99. The molecule has 1 N–H and O–H groups in total. The molecule has 1 aromatic carbocycles. The predicted molar refractivity (Wildman–Crippen MR) is 62.2 cm³/mol. The molecular weight excluding hydrogens is 204 g/mol. The molecule has 0 aliphatic heterocycles. The standard InChI is InChI=1S/C13H18O3/c1-9-6-11(15-2)12(16-3)7-10(9)8-13(14)4-5-13/h6-7,14H,4-5,8H2,1-3H3. The lowest BCUT2D eigenvalue weighted by Gasteiger charge is -2.14. The van der Waals surface area contributed by atoms with Crippen LogP contribution >= 0.6 is 0 Å². The van der Waals surface area contributed by atoms with Gasteiger partial charge in [-0.3, -0.25) is 0 Å². The van der Waals surface area contributed by atoms with Crippen molar-refractivity contribution in [2.45, 2.75) is 31.8 Å². The number of hydrogen-bond acceptors (Lipinski definition) is 3. The molecule has 1 fully saturated rings. The van der Waals surface area contributed by atoms with Gasteiger partial charge < -0.3 is 14.6 Å². The van der Waals surface area contributed by atoms with Gasteiger partial charge in [0.05, 0.1) is 19.8 Å². The Bertz CT molecular complexity index is 394. The van der Waals surface area contributed by atoms with Crippen molar-refractivity contribution in [1.82, 2.24) is 0 Å². The van der Waals surface area contributed by atoms with E-state index in [0.717, 1.165) is 35.5 Å². The van der Waals surface area contributed by atoms with E-state index < -0.39 is 5.60 Å². The molecule has 0 saturated heterocycles. The monoisotopic (exact) mass is 222 g/mol. The minimum absolute atomic E-state index is 0.468. The summed E-state index contributed by atoms with van der Waals surface area (Å²) >= 11 is 0. The summed E-state index contributed by atoms with van der Waals surface area (Å²) in [5.74, 6) is 1.47. The number of aryl methyl sites for hydroxylation is 1. The fourth-order valence-corrected chi connectivity index (χ4v) is 1.89. The first-order valence-corrected chi connectivity index (χ1v) is 5.52. The lowest BCUT2D eigenvalue weighted by atomic mass is 10.0. The van der Waals surface area contributed by atoms with E-state index >= 15 is 0 Å². The highest BCUT2D eigenvalue weighted by Crippen LogP contribution is 2.40. The summed E-state index contributed by atoms with van der Waals surface area (Å²) in [6, 6.07) is 3.92. The van der Waals surface area contributed by atoms with Crippen LogP contribution in [0.3, 0.4) is 0 Å². The van der Waals surface area contributed by atoms with E-state index in [4.69, 9.17) is 9.47 Å². The van der Waals surface area contributed by atoms with Gasteiger partial charge in [0.1, 0.15) is 0 Å². The number of hydrogen-bond donors (Lipinski definition) is 1. The lowest BCUT2D eigenvalue weighted by Crippen LogP contribution is -2.12. The molecule has 0 bridgehead atoms. The summed E-state index contributed by atoms with van der Waals surface area (Å²) in [5.41, 5.74) is 1.81. The van der Waals surface area contributed by atoms with E-state index in [1.807, 2.05) is 19.1 Å². The van der Waals surface area contributed by atoms with Crippen molar-refractivity contribution in [1.29, 1.82) is 0 Å². The topological polar surface area (TPSA) is 38.7 Å². The van der Waals surface area contributed by atoms with Crippen molar-refractivity contribution in [2.75, 3.05) is 14.2 Å². The van der Waals surface area contributed by atoms with Crippen LogP contribution in [0.4, 0.5) is 0 Å². The van der Waals surface area contributed by atoms with E-state index in [1.165, 1.54) is 0 Å². The van der Waals surface area contributed by atoms with Gasteiger partial charge in [-0.2, -0.15) is 0 Å². The predicted octanol–water partition coefficient (Wildman–Crippen LogP) is 2.08. The van der Waals surface area contributed by atoms with Crippen molar-refractivity contribution in [3.63, 3.8) is 0 Å². The molecule has 0 atom stereocenters. The van der Waals surface area contributed by atoms with Gasteiger partial charge in [0.25, 0.3) is 0 Å². The minimum atomic E-state index is -0.468. The third-order valence-corrected chi connectivity index (χ3v) is 3.19. The Labute approximate surface area is 96.0 Å². The van der Waals surface area contributed by atoms with Crippen molar-refractivity contribution >= 4 is 0 Å². The quantitative estimate of drug-likeness (QED) is 0.847. The summed E-state index contributed by atoms with van der Waals surface area (Å²) in [4.78, 5) is 0. The van der Waals surface area contributed by atoms with Crippen LogP contribution in [0.15, 0.2) is 12.1 Å². The zero-order valence-corrected chi connectivity index (χ0v) is 10.0. The minimum Gasteiger partial charge on any atom is -0.493 e. The van der Waals surface area contributed by atoms with Crippen molar-refractivity contribution < 1.29 is 14.6 Å². The summed E-state index contributed by atoms with van der Waals surface area (Å²) < 4.78 is 10.5. The molecule has 1 aromatic rings. The summed E-state index contributed by atoms with van der Waals surface area (Å²) in [6.07, 6.45) is 2.51. The number of methoxy groups -OCH3 is 2. The lowest BCUT2D eigenvalue weighted by molar-refractivity contribution is 0.150. The molecule has 1 aliphatic rings. The Kier molecular flexibility index (Phi) is 2.80. The first-order chi connectivity index (χ1) is 7.58. The largest absolute Gasteiger partial charge is 0.493 e. The smallest absolute Gasteiger partial charge is 0.161 e. The highest BCUT2D eigenvalue weighted by molar-refractivity contribution is 5.47. The highest BCUT2D eigenvalue weighted by atomic mass is 16.5. The number of benzene rings is 1. The molecule has 0 amide bonds. The molecule has 0 aromatic heterocycles. The maximum absolute atomic E-state index is 9.92. The second kappa shape index (κ2) is 3.98. The maximum atomic E-state index is 9.92. The van der Waals surface area contributed by atoms with E-state index in [0.29, 0.717) is 6.42 Å². The molecule has 0 unspecified atom stereocenters. The molecule has 16 heavy (non-hydrogen) atoms. The van der Waals surface area contributed by atoms with E-state index in [2.05, 4.69) is 0 Å². The SMILES string of the molecule is COc1cc(C)c(CC2(O)CC2)cc1OC. The number of ether oxygens (including phenoxy) is 2. The normalized spacial score (nSPS) is 17.0. The van der Waals surface area contributed by atoms with Gasteiger partial charge >= 0.3 is 0 Å². The van der Waals surface area contributed by atoms with E-state index in [-0.39, 0.29) is 0 Å². The summed E-state index contributed by atoms with van der Waals surface area (Å²) in [6.45, 7) is 2.03. The van der Waals surface area contributed by atoms with Crippen LogP contribution in [0.25, 0.3) is 0 Å². The van der Waals surface area contributed by atoms with Crippen LogP contribution in [-0.4, -0.2) is 24.9 Å². The van der Waals surface area contributed by atoms with Crippen LogP contribution in [0.2, 0.25) is 0 Å². The van der Waals surface area contributed by atoms with Crippen LogP contribution in [0.1, 0.15) is 24.0 Å². The maximum Gasteiger partial charge on any atom is 0.161 e. The fraction of sp³-hybridized carbons (Fsp3) is 0.538. The molecule has 1 aliphatic carbocycles. The van der Waals surface area contributed by atoms with Crippen molar-refractivity contribution in [3.8, 4) is 11.5 Å². The van der Waals surface area contributed by atoms with Gasteiger partial charge in [0, 0.05) is 6.42 Å². The van der Waals surface area contributed by atoms with E-state index in [9.17, 15) is 5.11 Å². The van der Waals surface area contributed by atoms with Gasteiger partial charge in [-0.05, 0) is 43.0 Å². The van der Waals surface area contributed by atoms with E-state index in [1.54, 1.807) is 14.2 Å². The van der Waals surface area contributed by atoms with Gasteiger partial charge in [0.2, 0.25) is 0 Å². The zero-order valence-electron chi connectivity index (χ0n) is 10.0. The Morgan fingerprint density at radius 3 is 2.25 bits per heavy atom. The average molecular weight is 222 g/mol. The van der Waals surface area contributed by atoms with Gasteiger partial charge in [0.15, 0.2) is 11.5 Å². The second-order valence-corrected chi connectivity index (χ2v) is 4.53. The molecule has 3 heteroatoms. The molecule has 0 spiro atoms. The van der Waals surface area contributed by atoms with Crippen LogP contribution < -0.4 is 9.47 Å². The number of rotatable bonds is 4. The second-order valence-electron chi connectivity index (χ2n) is 4.53. The zero-order chi connectivity index (χ0) is 11.8. The van der Waals surface area contributed by atoms with Gasteiger partial charge in [-0.1, -0.05) is 0 Å². The molecule has 88 valence electrons. The Morgan fingerprint density at radius 2 is 1.75 bits per heavy atom. The first kappa shape index (κ1) is 11.3. The molecular formula is C13H18O3. The van der Waals surface area contributed by atoms with Crippen molar-refractivity contribution in [2.24, 2.45) is 0 Å². The van der Waals surface area contributed by atoms with Crippen LogP contribution in [-0.2, 0) is 6.42 Å². The third-order valence-electron chi connectivity index (χ3n) is 3.19. The third kappa shape index (κ3) is 2.14. The van der Waals surface area contributed by atoms with Crippen LogP contribution in [0, 0.1) is 6.92 Å². The van der Waals surface area contributed by atoms with Gasteiger partial charge in [-0.15, -0.1) is 0 Å². The van der Waals surface area contributed by atoms with Crippen molar-refractivity contribution in [3.05, 3.63) is 23.3 Å². The van der Waals surface area contributed by atoms with Crippen LogP contribution in [0.5, 0.6) is 11.5 Å². The summed E-state index contributed by atoms with van der Waals surface area (Å²) in [7, 11) is 3.26.